The number of carbonyl (C=O) groups is 1. The standard InChI is InChI=1S/C27H33N3O4/c1-4-29(5-2)27-23(25(28-34-27)20-12-7-6-8-13-20)19-30(18-21-14-11-17-33-21)26(31)22-15-9-10-16-24(22)32-3/h6-10,12-13,15-16,21H,4-5,11,14,17-19H2,1-3H3/t21-/m1/s1. The molecule has 1 aliphatic rings. The molecule has 1 atom stereocenters. The summed E-state index contributed by atoms with van der Waals surface area (Å²) in [4.78, 5) is 17.8. The molecule has 3 aromatic rings. The highest BCUT2D eigenvalue weighted by Gasteiger charge is 2.29. The number of aromatic nitrogens is 1. The van der Waals surface area contributed by atoms with Crippen LogP contribution in [0.2, 0.25) is 0 Å². The quantitative estimate of drug-likeness (QED) is 0.421. The molecule has 1 aromatic heterocycles. The van der Waals surface area contributed by atoms with E-state index in [4.69, 9.17) is 14.0 Å². The molecule has 1 amide bonds. The van der Waals surface area contributed by atoms with Crippen LogP contribution in [0.4, 0.5) is 5.88 Å². The summed E-state index contributed by atoms with van der Waals surface area (Å²) in [6.45, 7) is 7.31. The Morgan fingerprint density at radius 3 is 2.50 bits per heavy atom. The zero-order chi connectivity index (χ0) is 23.9. The van der Waals surface area contributed by atoms with Crippen LogP contribution in [-0.4, -0.2) is 55.4 Å². The Morgan fingerprint density at radius 2 is 1.82 bits per heavy atom. The first-order valence-electron chi connectivity index (χ1n) is 12.0. The molecule has 0 unspecified atom stereocenters. The van der Waals surface area contributed by atoms with Crippen molar-refractivity contribution in [2.45, 2.75) is 39.3 Å². The predicted octanol–water partition coefficient (Wildman–Crippen LogP) is 5.02. The first kappa shape index (κ1) is 23.8. The van der Waals surface area contributed by atoms with Gasteiger partial charge in [-0.25, -0.2) is 0 Å². The molecule has 0 saturated carbocycles. The second-order valence-electron chi connectivity index (χ2n) is 8.37. The number of carbonyl (C=O) groups excluding carboxylic acids is 1. The van der Waals surface area contributed by atoms with Crippen LogP contribution >= 0.6 is 0 Å². The largest absolute Gasteiger partial charge is 0.496 e. The van der Waals surface area contributed by atoms with Crippen LogP contribution in [0, 0.1) is 0 Å². The van der Waals surface area contributed by atoms with Crippen molar-refractivity contribution in [2.24, 2.45) is 0 Å². The summed E-state index contributed by atoms with van der Waals surface area (Å²) in [5.41, 5.74) is 3.15. The Labute approximate surface area is 201 Å². The molecule has 180 valence electrons. The molecule has 0 N–H and O–H groups in total. The van der Waals surface area contributed by atoms with Gasteiger partial charge in [0, 0.05) is 31.8 Å². The van der Waals surface area contributed by atoms with E-state index in [-0.39, 0.29) is 12.0 Å². The van der Waals surface area contributed by atoms with Gasteiger partial charge in [0.05, 0.1) is 30.9 Å². The van der Waals surface area contributed by atoms with E-state index in [0.717, 1.165) is 49.4 Å². The molecule has 0 aliphatic carbocycles. The molecule has 0 spiro atoms. The lowest BCUT2D eigenvalue weighted by molar-refractivity contribution is 0.0505. The van der Waals surface area contributed by atoms with Crippen molar-refractivity contribution in [1.82, 2.24) is 10.1 Å². The highest BCUT2D eigenvalue weighted by molar-refractivity contribution is 5.97. The van der Waals surface area contributed by atoms with Crippen molar-refractivity contribution >= 4 is 11.8 Å². The smallest absolute Gasteiger partial charge is 0.258 e. The van der Waals surface area contributed by atoms with Gasteiger partial charge in [-0.15, -0.1) is 0 Å². The fourth-order valence-electron chi connectivity index (χ4n) is 4.46. The number of rotatable bonds is 10. The van der Waals surface area contributed by atoms with Gasteiger partial charge in [-0.2, -0.15) is 0 Å². The minimum Gasteiger partial charge on any atom is -0.496 e. The molecule has 1 fully saturated rings. The number of amides is 1. The van der Waals surface area contributed by atoms with Gasteiger partial charge in [0.2, 0.25) is 5.88 Å². The number of para-hydroxylation sites is 1. The number of nitrogens with zero attached hydrogens (tertiary/aromatic N) is 3. The summed E-state index contributed by atoms with van der Waals surface area (Å²) in [7, 11) is 1.59. The number of anilines is 1. The van der Waals surface area contributed by atoms with E-state index in [9.17, 15) is 4.79 Å². The predicted molar refractivity (Wildman–Crippen MR) is 132 cm³/mol. The van der Waals surface area contributed by atoms with Gasteiger partial charge in [0.15, 0.2) is 0 Å². The van der Waals surface area contributed by atoms with Crippen molar-refractivity contribution < 1.29 is 18.8 Å². The van der Waals surface area contributed by atoms with Crippen molar-refractivity contribution in [3.8, 4) is 17.0 Å². The second kappa shape index (κ2) is 11.2. The molecule has 4 rings (SSSR count). The first-order valence-corrected chi connectivity index (χ1v) is 12.0. The van der Waals surface area contributed by atoms with Crippen LogP contribution in [0.1, 0.15) is 42.6 Å². The van der Waals surface area contributed by atoms with Gasteiger partial charge >= 0.3 is 0 Å². The van der Waals surface area contributed by atoms with E-state index in [1.165, 1.54) is 0 Å². The molecule has 7 heteroatoms. The lowest BCUT2D eigenvalue weighted by atomic mass is 10.1. The molecular weight excluding hydrogens is 430 g/mol. The maximum absolute atomic E-state index is 13.8. The SMILES string of the molecule is CCN(CC)c1onc(-c2ccccc2)c1CN(C[C@H]1CCCO1)C(=O)c1ccccc1OC. The third kappa shape index (κ3) is 5.09. The molecule has 2 heterocycles. The second-order valence-corrected chi connectivity index (χ2v) is 8.37. The fraction of sp³-hybridized carbons (Fsp3) is 0.407. The molecule has 1 saturated heterocycles. The van der Waals surface area contributed by atoms with E-state index in [1.54, 1.807) is 13.2 Å². The third-order valence-electron chi connectivity index (χ3n) is 6.29. The molecule has 1 aliphatic heterocycles. The maximum atomic E-state index is 13.8. The maximum Gasteiger partial charge on any atom is 0.258 e. The Bertz CT molecular complexity index is 1070. The monoisotopic (exact) mass is 463 g/mol. The summed E-state index contributed by atoms with van der Waals surface area (Å²) < 4.78 is 17.3. The molecule has 0 radical (unpaired) electrons. The Kier molecular flexibility index (Phi) is 7.85. The van der Waals surface area contributed by atoms with Gasteiger partial charge in [-0.1, -0.05) is 47.6 Å². The Balaban J connectivity index is 1.75. The number of benzene rings is 2. The van der Waals surface area contributed by atoms with E-state index in [0.29, 0.717) is 30.3 Å². The Morgan fingerprint density at radius 1 is 1.09 bits per heavy atom. The van der Waals surface area contributed by atoms with E-state index in [2.05, 4.69) is 23.9 Å². The number of methoxy groups -OCH3 is 1. The zero-order valence-electron chi connectivity index (χ0n) is 20.2. The van der Waals surface area contributed by atoms with Crippen LogP contribution in [0.5, 0.6) is 5.75 Å². The van der Waals surface area contributed by atoms with Crippen molar-refractivity contribution in [1.29, 1.82) is 0 Å². The Hall–Kier alpha value is -3.32. The van der Waals surface area contributed by atoms with Gasteiger partial charge < -0.3 is 23.8 Å². The van der Waals surface area contributed by atoms with Crippen molar-refractivity contribution in [2.75, 3.05) is 38.3 Å². The minimum atomic E-state index is -0.0985. The van der Waals surface area contributed by atoms with Gasteiger partial charge in [0.1, 0.15) is 11.4 Å². The van der Waals surface area contributed by atoms with Gasteiger partial charge in [0.25, 0.3) is 5.91 Å². The molecular formula is C27H33N3O4. The summed E-state index contributed by atoms with van der Waals surface area (Å²) >= 11 is 0. The summed E-state index contributed by atoms with van der Waals surface area (Å²) in [5.74, 6) is 1.16. The average molecular weight is 464 g/mol. The fourth-order valence-corrected chi connectivity index (χ4v) is 4.46. The minimum absolute atomic E-state index is 0.00981. The lowest BCUT2D eigenvalue weighted by Crippen LogP contribution is -2.37. The molecule has 7 nitrogen and oxygen atoms in total. The number of ether oxygens (including phenoxy) is 2. The summed E-state index contributed by atoms with van der Waals surface area (Å²) in [5, 5.41) is 4.44. The lowest BCUT2D eigenvalue weighted by Gasteiger charge is -2.27. The van der Waals surface area contributed by atoms with Crippen LogP contribution in [0.3, 0.4) is 0 Å². The van der Waals surface area contributed by atoms with Crippen LogP contribution in [-0.2, 0) is 11.3 Å². The van der Waals surface area contributed by atoms with Crippen molar-refractivity contribution in [3.63, 3.8) is 0 Å². The normalized spacial score (nSPS) is 15.3. The van der Waals surface area contributed by atoms with Crippen LogP contribution in [0.15, 0.2) is 59.1 Å². The summed E-state index contributed by atoms with van der Waals surface area (Å²) in [6.07, 6.45) is 1.96. The third-order valence-corrected chi connectivity index (χ3v) is 6.29. The summed E-state index contributed by atoms with van der Waals surface area (Å²) in [6, 6.07) is 17.3. The van der Waals surface area contributed by atoms with E-state index in [1.807, 2.05) is 53.4 Å². The topological polar surface area (TPSA) is 68.0 Å². The number of hydrogen-bond acceptors (Lipinski definition) is 6. The molecule has 2 aromatic carbocycles. The first-order chi connectivity index (χ1) is 16.7. The zero-order valence-corrected chi connectivity index (χ0v) is 20.2. The molecule has 34 heavy (non-hydrogen) atoms. The van der Waals surface area contributed by atoms with Crippen LogP contribution < -0.4 is 9.64 Å². The highest BCUT2D eigenvalue weighted by atomic mass is 16.5. The van der Waals surface area contributed by atoms with E-state index < -0.39 is 0 Å². The highest BCUT2D eigenvalue weighted by Crippen LogP contribution is 2.33. The number of hydrogen-bond donors (Lipinski definition) is 0. The molecule has 0 bridgehead atoms. The van der Waals surface area contributed by atoms with Gasteiger partial charge in [-0.05, 0) is 38.8 Å². The average Bonchev–Trinajstić information content (AvgIpc) is 3.55. The van der Waals surface area contributed by atoms with Crippen molar-refractivity contribution in [3.05, 3.63) is 65.7 Å². The van der Waals surface area contributed by atoms with Gasteiger partial charge in [-0.3, -0.25) is 4.79 Å². The van der Waals surface area contributed by atoms with E-state index >= 15 is 0 Å². The van der Waals surface area contributed by atoms with Crippen LogP contribution in [0.25, 0.3) is 11.3 Å².